The molecule has 138 valence electrons. The van der Waals surface area contributed by atoms with E-state index < -0.39 is 8.32 Å². The zero-order chi connectivity index (χ0) is 18.5. The van der Waals surface area contributed by atoms with E-state index in [0.717, 1.165) is 12.0 Å². The highest BCUT2D eigenvalue weighted by atomic mass is 28.4. The first kappa shape index (κ1) is 21.1. The minimum absolute atomic E-state index is 0.0515. The molecular formula is C19H34O4Si. The number of ether oxygens (including phenoxy) is 2. The van der Waals surface area contributed by atoms with Crippen LogP contribution in [0.2, 0.25) is 18.1 Å². The van der Waals surface area contributed by atoms with E-state index in [1.165, 1.54) is 12.7 Å². The highest BCUT2D eigenvalue weighted by molar-refractivity contribution is 6.74. The van der Waals surface area contributed by atoms with Gasteiger partial charge in [0.25, 0.3) is 0 Å². The first-order chi connectivity index (χ1) is 11.0. The molecule has 5 heteroatoms. The second-order valence-corrected chi connectivity index (χ2v) is 12.8. The molecule has 4 nitrogen and oxygen atoms in total. The van der Waals surface area contributed by atoms with Crippen molar-refractivity contribution in [3.05, 3.63) is 23.3 Å². The van der Waals surface area contributed by atoms with Crippen LogP contribution in [-0.4, -0.2) is 41.2 Å². The van der Waals surface area contributed by atoms with Crippen molar-refractivity contribution in [3.63, 3.8) is 0 Å². The van der Waals surface area contributed by atoms with Gasteiger partial charge in [-0.05, 0) is 43.5 Å². The summed E-state index contributed by atoms with van der Waals surface area (Å²) in [5.41, 5.74) is 1.97. The molecule has 2 unspecified atom stereocenters. The summed E-state index contributed by atoms with van der Waals surface area (Å²) >= 11 is 0. The molecule has 0 amide bonds. The molecule has 0 aliphatic heterocycles. The molecule has 0 saturated carbocycles. The van der Waals surface area contributed by atoms with Gasteiger partial charge in [0.1, 0.15) is 0 Å². The van der Waals surface area contributed by atoms with Crippen LogP contribution in [0.15, 0.2) is 23.3 Å². The standard InChI is InChI=1S/C19H34O4Si/c1-14(23-24(7,8)19(2,3)4)16-9-10-17(18(20)22-6)12-15(11-16)13-21-5/h11-12,14-15H,9-10,13H2,1-8H3. The number of esters is 1. The van der Waals surface area contributed by atoms with Gasteiger partial charge in [0.15, 0.2) is 8.32 Å². The molecule has 0 bridgehead atoms. The Kier molecular flexibility index (Phi) is 7.44. The normalized spacial score (nSPS) is 20.8. The Labute approximate surface area is 148 Å². The molecule has 0 fully saturated rings. The number of methoxy groups -OCH3 is 2. The lowest BCUT2D eigenvalue weighted by molar-refractivity contribution is -0.136. The Morgan fingerprint density at radius 2 is 1.88 bits per heavy atom. The fraction of sp³-hybridized carbons (Fsp3) is 0.737. The third-order valence-corrected chi connectivity index (χ3v) is 9.69. The summed E-state index contributed by atoms with van der Waals surface area (Å²) in [7, 11) is 1.27. The topological polar surface area (TPSA) is 44.8 Å². The second-order valence-electron chi connectivity index (χ2n) is 8.06. The first-order valence-electron chi connectivity index (χ1n) is 8.68. The van der Waals surface area contributed by atoms with E-state index in [1.54, 1.807) is 7.11 Å². The molecule has 0 spiro atoms. The first-order valence-corrected chi connectivity index (χ1v) is 11.6. The highest BCUT2D eigenvalue weighted by Crippen LogP contribution is 2.38. The molecule has 0 aromatic heterocycles. The van der Waals surface area contributed by atoms with Gasteiger partial charge >= 0.3 is 5.97 Å². The van der Waals surface area contributed by atoms with Crippen LogP contribution in [0.4, 0.5) is 0 Å². The SMILES string of the molecule is COCC1C=C(C(=O)OC)CCC(C(C)O[Si](C)(C)C(C)(C)C)=C1. The summed E-state index contributed by atoms with van der Waals surface area (Å²) in [6, 6.07) is 0. The maximum absolute atomic E-state index is 11.9. The molecule has 1 aliphatic rings. The Hall–Kier alpha value is -0.913. The molecule has 0 N–H and O–H groups in total. The summed E-state index contributed by atoms with van der Waals surface area (Å²) in [6.45, 7) is 14.0. The van der Waals surface area contributed by atoms with Gasteiger partial charge in [0, 0.05) is 18.6 Å². The molecular weight excluding hydrogens is 320 g/mol. The van der Waals surface area contributed by atoms with Crippen LogP contribution in [0.5, 0.6) is 0 Å². The molecule has 0 heterocycles. The van der Waals surface area contributed by atoms with Crippen molar-refractivity contribution in [2.45, 2.75) is 64.8 Å². The van der Waals surface area contributed by atoms with Gasteiger partial charge < -0.3 is 13.9 Å². The number of hydrogen-bond donors (Lipinski definition) is 0. The summed E-state index contributed by atoms with van der Waals surface area (Å²) in [5.74, 6) is -0.171. The van der Waals surface area contributed by atoms with E-state index in [-0.39, 0.29) is 23.0 Å². The molecule has 2 atom stereocenters. The molecule has 0 saturated heterocycles. The Bertz CT molecular complexity index is 500. The number of carbonyl (C=O) groups excluding carboxylic acids is 1. The van der Waals surface area contributed by atoms with Crippen molar-refractivity contribution in [2.75, 3.05) is 20.8 Å². The van der Waals surface area contributed by atoms with Gasteiger partial charge in [-0.25, -0.2) is 4.79 Å². The molecule has 1 aliphatic carbocycles. The van der Waals surface area contributed by atoms with Crippen molar-refractivity contribution in [1.29, 1.82) is 0 Å². The Balaban J connectivity index is 2.95. The largest absolute Gasteiger partial charge is 0.466 e. The number of rotatable bonds is 6. The van der Waals surface area contributed by atoms with Crippen LogP contribution in [-0.2, 0) is 18.7 Å². The quantitative estimate of drug-likeness (QED) is 0.401. The minimum atomic E-state index is -1.84. The maximum Gasteiger partial charge on any atom is 0.333 e. The Morgan fingerprint density at radius 1 is 1.25 bits per heavy atom. The predicted octanol–water partition coefficient (Wildman–Crippen LogP) is 4.48. The molecule has 0 radical (unpaired) electrons. The zero-order valence-corrected chi connectivity index (χ0v) is 17.6. The lowest BCUT2D eigenvalue weighted by atomic mass is 10.0. The number of carbonyl (C=O) groups is 1. The summed E-state index contributed by atoms with van der Waals surface area (Å²) in [6.07, 6.45) is 5.73. The second kappa shape index (κ2) is 8.45. The summed E-state index contributed by atoms with van der Waals surface area (Å²) < 4.78 is 16.7. The van der Waals surface area contributed by atoms with E-state index in [1.807, 2.05) is 6.08 Å². The van der Waals surface area contributed by atoms with Crippen LogP contribution in [0.3, 0.4) is 0 Å². The Morgan fingerprint density at radius 3 is 2.38 bits per heavy atom. The van der Waals surface area contributed by atoms with Crippen molar-refractivity contribution in [1.82, 2.24) is 0 Å². The maximum atomic E-state index is 11.9. The molecule has 24 heavy (non-hydrogen) atoms. The van der Waals surface area contributed by atoms with Crippen LogP contribution in [0.25, 0.3) is 0 Å². The van der Waals surface area contributed by atoms with Crippen LogP contribution >= 0.6 is 0 Å². The van der Waals surface area contributed by atoms with Crippen LogP contribution in [0, 0.1) is 5.92 Å². The van der Waals surface area contributed by atoms with Gasteiger partial charge in [-0.1, -0.05) is 32.9 Å². The molecule has 0 aromatic rings. The predicted molar refractivity (Wildman–Crippen MR) is 101 cm³/mol. The van der Waals surface area contributed by atoms with Crippen molar-refractivity contribution < 1.29 is 18.7 Å². The van der Waals surface area contributed by atoms with Crippen LogP contribution < -0.4 is 0 Å². The van der Waals surface area contributed by atoms with E-state index in [2.05, 4.69) is 46.9 Å². The van der Waals surface area contributed by atoms with Gasteiger partial charge in [-0.15, -0.1) is 0 Å². The van der Waals surface area contributed by atoms with E-state index in [9.17, 15) is 4.79 Å². The smallest absolute Gasteiger partial charge is 0.333 e. The van der Waals surface area contributed by atoms with E-state index >= 15 is 0 Å². The van der Waals surface area contributed by atoms with Crippen LogP contribution in [0.1, 0.15) is 40.5 Å². The van der Waals surface area contributed by atoms with Gasteiger partial charge in [-0.2, -0.15) is 0 Å². The molecule has 0 aromatic carbocycles. The lowest BCUT2D eigenvalue weighted by Crippen LogP contribution is -2.43. The van der Waals surface area contributed by atoms with Gasteiger partial charge in [0.05, 0.1) is 19.8 Å². The van der Waals surface area contributed by atoms with E-state index in [4.69, 9.17) is 13.9 Å². The van der Waals surface area contributed by atoms with E-state index in [0.29, 0.717) is 13.0 Å². The summed E-state index contributed by atoms with van der Waals surface area (Å²) in [4.78, 5) is 11.9. The lowest BCUT2D eigenvalue weighted by Gasteiger charge is -2.39. The van der Waals surface area contributed by atoms with Crippen molar-refractivity contribution in [3.8, 4) is 0 Å². The third-order valence-electron chi connectivity index (χ3n) is 5.13. The fourth-order valence-electron chi connectivity index (χ4n) is 2.65. The average molecular weight is 355 g/mol. The monoisotopic (exact) mass is 354 g/mol. The molecule has 1 rings (SSSR count). The highest BCUT2D eigenvalue weighted by Gasteiger charge is 2.39. The average Bonchev–Trinajstić information content (AvgIpc) is 2.68. The number of hydrogen-bond acceptors (Lipinski definition) is 4. The summed E-state index contributed by atoms with van der Waals surface area (Å²) in [5, 5.41) is 0.175. The van der Waals surface area contributed by atoms with Gasteiger partial charge in [0.2, 0.25) is 0 Å². The van der Waals surface area contributed by atoms with Crippen molar-refractivity contribution >= 4 is 14.3 Å². The van der Waals surface area contributed by atoms with Gasteiger partial charge in [-0.3, -0.25) is 0 Å². The van der Waals surface area contributed by atoms with Crippen molar-refractivity contribution in [2.24, 2.45) is 5.92 Å². The zero-order valence-electron chi connectivity index (χ0n) is 16.6. The minimum Gasteiger partial charge on any atom is -0.466 e. The fourth-order valence-corrected chi connectivity index (χ4v) is 4.04. The third kappa shape index (κ3) is 5.57.